The molecule has 0 aromatic carbocycles. The van der Waals surface area contributed by atoms with Crippen LogP contribution in [0, 0.1) is 5.92 Å². The van der Waals surface area contributed by atoms with Crippen molar-refractivity contribution in [2.24, 2.45) is 5.92 Å². The number of hydrogen-bond acceptors (Lipinski definition) is 11. The fourth-order valence-electron chi connectivity index (χ4n) is 9.37. The highest BCUT2D eigenvalue weighted by molar-refractivity contribution is 5.71. The van der Waals surface area contributed by atoms with Crippen LogP contribution in [0.4, 0.5) is 0 Å². The first-order chi connectivity index (χ1) is 34.9. The van der Waals surface area contributed by atoms with E-state index < -0.39 is 48.2 Å². The highest BCUT2D eigenvalue weighted by Gasteiger charge is 2.66. The van der Waals surface area contributed by atoms with Gasteiger partial charge in [-0.15, -0.1) is 0 Å². The van der Waals surface area contributed by atoms with Crippen LogP contribution in [-0.4, -0.2) is 62.7 Å². The number of carbonyl (C=O) groups excluding carboxylic acids is 3. The van der Waals surface area contributed by atoms with Gasteiger partial charge in [-0.05, 0) is 19.3 Å². The first-order valence-electron chi connectivity index (χ1n) is 31.0. The number of hydrogen-bond donors (Lipinski definition) is 4. The van der Waals surface area contributed by atoms with Crippen LogP contribution in [0.15, 0.2) is 0 Å². The van der Waals surface area contributed by atoms with Crippen LogP contribution in [-0.2, 0) is 33.3 Å². The van der Waals surface area contributed by atoms with E-state index >= 15 is 0 Å². The lowest BCUT2D eigenvalue weighted by Gasteiger charge is -2.42. The van der Waals surface area contributed by atoms with Crippen molar-refractivity contribution in [3.63, 3.8) is 0 Å². The van der Waals surface area contributed by atoms with Crippen molar-refractivity contribution < 1.29 is 53.8 Å². The normalized spacial score (nSPS) is 14.2. The van der Waals surface area contributed by atoms with Crippen LogP contribution < -0.4 is 0 Å². The Bertz CT molecular complexity index is 1210. The minimum Gasteiger partial charge on any atom is -0.428 e. The molecule has 0 saturated heterocycles. The van der Waals surface area contributed by atoms with E-state index in [9.17, 15) is 34.8 Å². The molecule has 0 aliphatic heterocycles. The van der Waals surface area contributed by atoms with Gasteiger partial charge in [0.05, 0.1) is 0 Å². The van der Waals surface area contributed by atoms with Gasteiger partial charge in [0.15, 0.2) is 6.29 Å². The third-order valence-corrected chi connectivity index (χ3v) is 14.4. The summed E-state index contributed by atoms with van der Waals surface area (Å²) >= 11 is 0. The molecular formula is C61H118O11. The molecule has 11 nitrogen and oxygen atoms in total. The number of aliphatic hydroxyl groups is 4. The van der Waals surface area contributed by atoms with Crippen LogP contribution in [0.5, 0.6) is 0 Å². The van der Waals surface area contributed by atoms with E-state index in [0.29, 0.717) is 25.7 Å². The number of rotatable bonds is 56. The number of esters is 3. The maximum absolute atomic E-state index is 13.4. The van der Waals surface area contributed by atoms with Crippen molar-refractivity contribution in [3.8, 4) is 0 Å². The molecule has 0 heterocycles. The van der Waals surface area contributed by atoms with Crippen LogP contribution >= 0.6 is 0 Å². The molecule has 4 unspecified atom stereocenters. The summed E-state index contributed by atoms with van der Waals surface area (Å²) in [5.74, 6) is -10.9. The van der Waals surface area contributed by atoms with Gasteiger partial charge in [-0.2, -0.15) is 0 Å². The molecule has 0 spiro atoms. The van der Waals surface area contributed by atoms with E-state index in [-0.39, 0.29) is 19.3 Å². The van der Waals surface area contributed by atoms with E-state index in [4.69, 9.17) is 18.9 Å². The Morgan fingerprint density at radius 2 is 0.569 bits per heavy atom. The molecule has 0 radical (unpaired) electrons. The zero-order valence-corrected chi connectivity index (χ0v) is 47.8. The first-order valence-corrected chi connectivity index (χ1v) is 31.0. The van der Waals surface area contributed by atoms with E-state index in [0.717, 1.165) is 70.6 Å². The summed E-state index contributed by atoms with van der Waals surface area (Å²) in [5, 5.41) is 46.0. The third-order valence-electron chi connectivity index (χ3n) is 14.4. The predicted molar refractivity (Wildman–Crippen MR) is 295 cm³/mol. The second-order valence-corrected chi connectivity index (χ2v) is 21.9. The maximum atomic E-state index is 13.4. The molecule has 4 atom stereocenters. The van der Waals surface area contributed by atoms with Crippen LogP contribution in [0.2, 0.25) is 0 Å². The largest absolute Gasteiger partial charge is 0.428 e. The smallest absolute Gasteiger partial charge is 0.405 e. The average molecular weight is 1030 g/mol. The molecular weight excluding hydrogens is 909 g/mol. The number of unbranched alkanes of at least 4 members (excludes halogenated alkanes) is 42. The Hall–Kier alpha value is -1.79. The zero-order chi connectivity index (χ0) is 53.2. The maximum Gasteiger partial charge on any atom is 0.405 e. The first kappa shape index (κ1) is 70.2. The van der Waals surface area contributed by atoms with Gasteiger partial charge in [0, 0.05) is 25.2 Å². The van der Waals surface area contributed by atoms with Crippen molar-refractivity contribution in [2.45, 2.75) is 367 Å². The summed E-state index contributed by atoms with van der Waals surface area (Å²) in [5.41, 5.74) is 0. The Morgan fingerprint density at radius 3 is 0.819 bits per heavy atom. The number of ether oxygens (including phenoxy) is 4. The zero-order valence-electron chi connectivity index (χ0n) is 47.8. The van der Waals surface area contributed by atoms with Gasteiger partial charge in [0.1, 0.15) is 0 Å². The summed E-state index contributed by atoms with van der Waals surface area (Å²) < 4.78 is 21.3. The standard InChI is InChI=1S/C61H118O11/c1-6-9-12-15-18-21-24-27-30-33-36-39-42-45-48-51-55(62)69-59(66)60(67,70-56(63)52-49-46-43-40-37-34-31-28-25-22-19-16-13-10-7-2)61(68,72-58(65)54(4)5)71-57(64)53-50-47-44-41-38-35-32-29-26-23-20-17-14-11-8-3/h54,58-59,65-68H,6-53H2,1-5H3. The number of carbonyl (C=O) groups is 3. The highest BCUT2D eigenvalue weighted by atomic mass is 16.9. The lowest BCUT2D eigenvalue weighted by atomic mass is 10.0. The molecule has 11 heteroatoms. The Labute approximate surface area is 443 Å². The van der Waals surface area contributed by atoms with Crippen molar-refractivity contribution in [2.75, 3.05) is 0 Å². The topological polar surface area (TPSA) is 169 Å². The molecule has 0 aromatic heterocycles. The lowest BCUT2D eigenvalue weighted by Crippen LogP contribution is -2.68. The molecule has 0 aromatic rings. The molecule has 72 heavy (non-hydrogen) atoms. The summed E-state index contributed by atoms with van der Waals surface area (Å²) in [6, 6.07) is 0. The average Bonchev–Trinajstić information content (AvgIpc) is 3.34. The van der Waals surface area contributed by atoms with E-state index in [1.54, 1.807) is 13.8 Å². The van der Waals surface area contributed by atoms with Gasteiger partial charge in [-0.3, -0.25) is 19.1 Å². The molecule has 428 valence electrons. The van der Waals surface area contributed by atoms with Gasteiger partial charge in [0.25, 0.3) is 6.29 Å². The SMILES string of the molecule is CCCCCCCCCCCCCCCCCC(=O)OC(O)C(O)(OC(=O)CCCCCCCCCCCCCCCCC)C(O)(OC(=O)CCCCCCCCCCCCCCCCC)OC(O)C(C)C. The van der Waals surface area contributed by atoms with Crippen molar-refractivity contribution in [1.29, 1.82) is 0 Å². The van der Waals surface area contributed by atoms with E-state index in [1.807, 2.05) is 0 Å². The molecule has 0 aliphatic rings. The Morgan fingerprint density at radius 1 is 0.347 bits per heavy atom. The van der Waals surface area contributed by atoms with Gasteiger partial charge in [-0.25, -0.2) is 0 Å². The van der Waals surface area contributed by atoms with Crippen LogP contribution in [0.3, 0.4) is 0 Å². The molecule has 0 saturated carbocycles. The minimum absolute atomic E-state index is 0.106. The molecule has 0 amide bonds. The fourth-order valence-corrected chi connectivity index (χ4v) is 9.37. The minimum atomic E-state index is -3.64. The number of aliphatic hydroxyl groups excluding tert-OH is 2. The summed E-state index contributed by atoms with van der Waals surface area (Å²) in [7, 11) is 0. The second-order valence-electron chi connectivity index (χ2n) is 21.9. The highest BCUT2D eigenvalue weighted by Crippen LogP contribution is 2.35. The molecule has 0 rings (SSSR count). The molecule has 0 bridgehead atoms. The monoisotopic (exact) mass is 1030 g/mol. The summed E-state index contributed by atoms with van der Waals surface area (Å²) in [4.78, 5) is 39.8. The molecule has 0 fully saturated rings. The second kappa shape index (κ2) is 50.1. The van der Waals surface area contributed by atoms with Gasteiger partial charge in [0.2, 0.25) is 0 Å². The third kappa shape index (κ3) is 40.5. The quantitative estimate of drug-likeness (QED) is 0.0198. The molecule has 4 N–H and O–H groups in total. The van der Waals surface area contributed by atoms with Crippen molar-refractivity contribution >= 4 is 17.9 Å². The predicted octanol–water partition coefficient (Wildman–Crippen LogP) is 17.0. The van der Waals surface area contributed by atoms with E-state index in [1.165, 1.54) is 193 Å². The lowest BCUT2D eigenvalue weighted by molar-refractivity contribution is -0.508. The Kier molecular flexibility index (Phi) is 48.8. The van der Waals surface area contributed by atoms with Gasteiger partial charge in [-0.1, -0.05) is 304 Å². The van der Waals surface area contributed by atoms with Gasteiger partial charge >= 0.3 is 29.7 Å². The Balaban J connectivity index is 5.31. The fraction of sp³-hybridized carbons (Fsp3) is 0.951. The summed E-state index contributed by atoms with van der Waals surface area (Å²) in [6.07, 6.45) is 46.5. The van der Waals surface area contributed by atoms with Crippen LogP contribution in [0.25, 0.3) is 0 Å². The van der Waals surface area contributed by atoms with Crippen LogP contribution in [0.1, 0.15) is 343 Å². The van der Waals surface area contributed by atoms with E-state index in [2.05, 4.69) is 20.8 Å². The van der Waals surface area contributed by atoms with Gasteiger partial charge < -0.3 is 34.6 Å². The summed E-state index contributed by atoms with van der Waals surface area (Å²) in [6.45, 7) is 9.84. The molecule has 0 aliphatic carbocycles. The van der Waals surface area contributed by atoms with Crippen molar-refractivity contribution in [1.82, 2.24) is 0 Å². The van der Waals surface area contributed by atoms with Crippen molar-refractivity contribution in [3.05, 3.63) is 0 Å².